The van der Waals surface area contributed by atoms with Crippen LogP contribution >= 0.6 is 0 Å². The maximum atomic E-state index is 12.0. The van der Waals surface area contributed by atoms with E-state index in [0.717, 1.165) is 39.0 Å². The maximum Gasteiger partial charge on any atom is 0.246 e. The van der Waals surface area contributed by atoms with Gasteiger partial charge in [0.1, 0.15) is 0 Å². The van der Waals surface area contributed by atoms with Crippen LogP contribution in [0.25, 0.3) is 0 Å². The molecule has 0 heterocycles. The zero-order valence-corrected chi connectivity index (χ0v) is 14.9. The van der Waals surface area contributed by atoms with E-state index in [4.69, 9.17) is 4.74 Å². The number of likely N-dealkylation sites (N-methyl/N-ethyl adjacent to an activating group) is 1. The summed E-state index contributed by atoms with van der Waals surface area (Å²) in [6.45, 7) is 15.0. The third-order valence-corrected chi connectivity index (χ3v) is 3.77. The standard InChI is InChI=1S/C18H35NO2/c1-7-19(8-2)18(20)14-17(6)11-9-10-16(5)12-13-21-15(3)4/h14-16H,7-13H2,1-6H3. The third-order valence-electron chi connectivity index (χ3n) is 3.77. The van der Waals surface area contributed by atoms with Gasteiger partial charge in [-0.2, -0.15) is 0 Å². The van der Waals surface area contributed by atoms with E-state index >= 15 is 0 Å². The van der Waals surface area contributed by atoms with E-state index in [1.165, 1.54) is 12.0 Å². The van der Waals surface area contributed by atoms with Gasteiger partial charge in [-0.1, -0.05) is 18.9 Å². The molecule has 3 nitrogen and oxygen atoms in total. The van der Waals surface area contributed by atoms with Crippen LogP contribution in [-0.2, 0) is 9.53 Å². The van der Waals surface area contributed by atoms with Crippen molar-refractivity contribution in [3.05, 3.63) is 11.6 Å². The van der Waals surface area contributed by atoms with E-state index in [1.54, 1.807) is 6.08 Å². The first-order valence-electron chi connectivity index (χ1n) is 8.48. The van der Waals surface area contributed by atoms with Crippen LogP contribution in [0.3, 0.4) is 0 Å². The Bertz CT molecular complexity index is 306. The molecule has 0 aliphatic rings. The zero-order valence-electron chi connectivity index (χ0n) is 14.9. The van der Waals surface area contributed by atoms with Gasteiger partial charge in [0.25, 0.3) is 0 Å². The first-order chi connectivity index (χ1) is 9.90. The number of carbonyl (C=O) groups excluding carboxylic acids is 1. The van der Waals surface area contributed by atoms with Crippen LogP contribution in [0.5, 0.6) is 0 Å². The van der Waals surface area contributed by atoms with E-state index in [2.05, 4.69) is 27.7 Å². The highest BCUT2D eigenvalue weighted by atomic mass is 16.5. The molecule has 0 aromatic rings. The van der Waals surface area contributed by atoms with Crippen molar-refractivity contribution in [3.63, 3.8) is 0 Å². The van der Waals surface area contributed by atoms with Gasteiger partial charge in [0.2, 0.25) is 5.91 Å². The fraction of sp³-hybridized carbons (Fsp3) is 0.833. The molecule has 0 aromatic carbocycles. The van der Waals surface area contributed by atoms with E-state index < -0.39 is 0 Å². The molecule has 0 bridgehead atoms. The predicted molar refractivity (Wildman–Crippen MR) is 90.4 cm³/mol. The number of hydrogen-bond acceptors (Lipinski definition) is 2. The minimum Gasteiger partial charge on any atom is -0.379 e. The Hall–Kier alpha value is -0.830. The van der Waals surface area contributed by atoms with Gasteiger partial charge in [0.15, 0.2) is 0 Å². The molecule has 0 aliphatic carbocycles. The Morgan fingerprint density at radius 2 is 1.76 bits per heavy atom. The molecule has 0 rings (SSSR count). The van der Waals surface area contributed by atoms with E-state index in [9.17, 15) is 4.79 Å². The highest BCUT2D eigenvalue weighted by Crippen LogP contribution is 2.15. The van der Waals surface area contributed by atoms with E-state index in [0.29, 0.717) is 12.0 Å². The molecule has 124 valence electrons. The molecule has 3 heteroatoms. The van der Waals surface area contributed by atoms with Crippen LogP contribution < -0.4 is 0 Å². The highest BCUT2D eigenvalue weighted by molar-refractivity contribution is 5.88. The van der Waals surface area contributed by atoms with Crippen LogP contribution in [0.1, 0.15) is 67.2 Å². The summed E-state index contributed by atoms with van der Waals surface area (Å²) in [5.41, 5.74) is 1.19. The van der Waals surface area contributed by atoms with Crippen molar-refractivity contribution in [2.24, 2.45) is 5.92 Å². The first kappa shape index (κ1) is 20.2. The normalized spacial score (nSPS) is 13.6. The average molecular weight is 297 g/mol. The van der Waals surface area contributed by atoms with Gasteiger partial charge in [-0.3, -0.25) is 4.79 Å². The number of rotatable bonds is 11. The zero-order chi connectivity index (χ0) is 16.3. The average Bonchev–Trinajstić information content (AvgIpc) is 2.39. The molecule has 21 heavy (non-hydrogen) atoms. The molecule has 1 atom stereocenters. The number of allylic oxidation sites excluding steroid dienone is 1. The summed E-state index contributed by atoms with van der Waals surface area (Å²) >= 11 is 0. The molecule has 1 unspecified atom stereocenters. The minimum atomic E-state index is 0.149. The van der Waals surface area contributed by atoms with Crippen molar-refractivity contribution in [2.75, 3.05) is 19.7 Å². The predicted octanol–water partition coefficient (Wildman–Crippen LogP) is 4.42. The number of carbonyl (C=O) groups is 1. The monoisotopic (exact) mass is 297 g/mol. The molecule has 1 amide bonds. The molecule has 0 radical (unpaired) electrons. The lowest BCUT2D eigenvalue weighted by Gasteiger charge is -2.17. The molecule has 0 aliphatic heterocycles. The molecule has 0 N–H and O–H groups in total. The summed E-state index contributed by atoms with van der Waals surface area (Å²) < 4.78 is 5.58. The van der Waals surface area contributed by atoms with Crippen molar-refractivity contribution >= 4 is 5.91 Å². The van der Waals surface area contributed by atoms with Gasteiger partial charge in [-0.15, -0.1) is 0 Å². The third kappa shape index (κ3) is 10.5. The summed E-state index contributed by atoms with van der Waals surface area (Å²) in [4.78, 5) is 13.8. The van der Waals surface area contributed by atoms with Crippen LogP contribution in [0.15, 0.2) is 11.6 Å². The number of amides is 1. The van der Waals surface area contributed by atoms with Crippen LogP contribution in [0.4, 0.5) is 0 Å². The lowest BCUT2D eigenvalue weighted by Crippen LogP contribution is -2.28. The Labute approximate surface area is 131 Å². The second-order valence-electron chi connectivity index (χ2n) is 6.21. The van der Waals surface area contributed by atoms with Crippen molar-refractivity contribution in [1.29, 1.82) is 0 Å². The largest absolute Gasteiger partial charge is 0.379 e. The fourth-order valence-corrected chi connectivity index (χ4v) is 2.29. The SMILES string of the molecule is CCN(CC)C(=O)C=C(C)CCCC(C)CCOC(C)C. The van der Waals surface area contributed by atoms with Gasteiger partial charge in [-0.05, 0) is 59.8 Å². The summed E-state index contributed by atoms with van der Waals surface area (Å²) in [5.74, 6) is 0.839. The quantitative estimate of drug-likeness (QED) is 0.528. The second kappa shape index (κ2) is 11.8. The van der Waals surface area contributed by atoms with Crippen molar-refractivity contribution in [1.82, 2.24) is 4.90 Å². The fourth-order valence-electron chi connectivity index (χ4n) is 2.29. The maximum absolute atomic E-state index is 12.0. The molecular weight excluding hydrogens is 262 g/mol. The van der Waals surface area contributed by atoms with Crippen molar-refractivity contribution in [3.8, 4) is 0 Å². The lowest BCUT2D eigenvalue weighted by atomic mass is 9.99. The van der Waals surface area contributed by atoms with Gasteiger partial charge in [0, 0.05) is 25.8 Å². The Kier molecular flexibility index (Phi) is 11.3. The van der Waals surface area contributed by atoms with Gasteiger partial charge in [-0.25, -0.2) is 0 Å². The molecule has 0 aromatic heterocycles. The van der Waals surface area contributed by atoms with Gasteiger partial charge >= 0.3 is 0 Å². The van der Waals surface area contributed by atoms with Crippen LogP contribution in [-0.4, -0.2) is 36.6 Å². The topological polar surface area (TPSA) is 29.5 Å². The number of hydrogen-bond donors (Lipinski definition) is 0. The Morgan fingerprint density at radius 3 is 2.29 bits per heavy atom. The highest BCUT2D eigenvalue weighted by Gasteiger charge is 2.07. The Balaban J connectivity index is 3.92. The van der Waals surface area contributed by atoms with Crippen molar-refractivity contribution in [2.45, 2.75) is 73.3 Å². The van der Waals surface area contributed by atoms with Gasteiger partial charge < -0.3 is 9.64 Å². The summed E-state index contributed by atoms with van der Waals surface area (Å²) in [7, 11) is 0. The minimum absolute atomic E-state index is 0.149. The van der Waals surface area contributed by atoms with Crippen molar-refractivity contribution < 1.29 is 9.53 Å². The second-order valence-corrected chi connectivity index (χ2v) is 6.21. The summed E-state index contributed by atoms with van der Waals surface area (Å²) in [6, 6.07) is 0. The van der Waals surface area contributed by atoms with Crippen LogP contribution in [0.2, 0.25) is 0 Å². The molecule has 0 spiro atoms. The van der Waals surface area contributed by atoms with E-state index in [1.807, 2.05) is 18.7 Å². The molecule has 0 fully saturated rings. The van der Waals surface area contributed by atoms with E-state index in [-0.39, 0.29) is 5.91 Å². The number of nitrogens with zero attached hydrogens (tertiary/aromatic N) is 1. The molecule has 0 saturated heterocycles. The smallest absolute Gasteiger partial charge is 0.246 e. The lowest BCUT2D eigenvalue weighted by molar-refractivity contribution is -0.125. The summed E-state index contributed by atoms with van der Waals surface area (Å²) in [6.07, 6.45) is 6.62. The Morgan fingerprint density at radius 1 is 1.14 bits per heavy atom. The molecule has 0 saturated carbocycles. The van der Waals surface area contributed by atoms with Crippen LogP contribution in [0, 0.1) is 5.92 Å². The number of ether oxygens (including phenoxy) is 1. The molecular formula is C18H35NO2. The van der Waals surface area contributed by atoms with Gasteiger partial charge in [0.05, 0.1) is 6.10 Å². The first-order valence-corrected chi connectivity index (χ1v) is 8.48. The summed E-state index contributed by atoms with van der Waals surface area (Å²) in [5, 5.41) is 0.